The molecule has 2 atom stereocenters. The molecule has 35 heavy (non-hydrogen) atoms. The van der Waals surface area contributed by atoms with Crippen molar-refractivity contribution in [3.63, 3.8) is 0 Å². The number of nitrogens with two attached hydrogens (primary N) is 1. The lowest BCUT2D eigenvalue weighted by atomic mass is 9.72. The monoisotopic (exact) mass is 502 g/mol. The maximum absolute atomic E-state index is 13.1. The van der Waals surface area contributed by atoms with Crippen LogP contribution in [-0.2, 0) is 14.1 Å². The Morgan fingerprint density at radius 1 is 1.00 bits per heavy atom. The van der Waals surface area contributed by atoms with Gasteiger partial charge in [0, 0.05) is 12.1 Å². The number of carbonyl (C=O) groups excluding carboxylic acids is 1. The first-order valence-corrected chi connectivity index (χ1v) is 13.5. The third kappa shape index (κ3) is 5.52. The van der Waals surface area contributed by atoms with Gasteiger partial charge in [-0.05, 0) is 73.4 Å². The predicted molar refractivity (Wildman–Crippen MR) is 131 cm³/mol. The van der Waals surface area contributed by atoms with Crippen molar-refractivity contribution in [3.05, 3.63) is 58.6 Å². The Hall–Kier alpha value is -2.90. The molecule has 1 saturated heterocycles. The van der Waals surface area contributed by atoms with E-state index in [9.17, 15) is 19.5 Å². The average molecular weight is 503 g/mol. The predicted octanol–water partition coefficient (Wildman–Crippen LogP) is 5.86. The summed E-state index contributed by atoms with van der Waals surface area (Å²) in [6, 6.07) is 12.0. The number of hydrogen-bond acceptors (Lipinski definition) is 8. The lowest BCUT2D eigenvalue weighted by Gasteiger charge is -2.36. The molecule has 2 aromatic carbocycles. The van der Waals surface area contributed by atoms with E-state index < -0.39 is 23.5 Å². The maximum Gasteiger partial charge on any atom is 0.338 e. The van der Waals surface area contributed by atoms with Gasteiger partial charge in [0.05, 0.1) is 11.1 Å². The van der Waals surface area contributed by atoms with Gasteiger partial charge < -0.3 is 19.7 Å². The standard InChI is InChI=1S/C25H31N2O7P/c1-24(2,3)17-4-8-21(9-5-17)33-23(28)25(26)16-35(25,31)34-22-14-12-20(13-15-22)32-19-10-6-18(7-11-19)27(29)30/h6-7,10-15,17,21H,4-5,8-9,16,26H2,1-3H3/t17?,21?,25-,35?/m1/s1. The van der Waals surface area contributed by atoms with Gasteiger partial charge in [-0.3, -0.25) is 14.7 Å². The molecule has 9 nitrogen and oxygen atoms in total. The Morgan fingerprint density at radius 2 is 1.51 bits per heavy atom. The summed E-state index contributed by atoms with van der Waals surface area (Å²) in [5.74, 6) is 1.13. The molecule has 10 heteroatoms. The van der Waals surface area contributed by atoms with Crippen molar-refractivity contribution in [1.82, 2.24) is 0 Å². The molecule has 4 rings (SSSR count). The summed E-state index contributed by atoms with van der Waals surface area (Å²) < 4.78 is 30.1. The number of rotatable bonds is 7. The van der Waals surface area contributed by atoms with E-state index in [2.05, 4.69) is 20.8 Å². The number of benzene rings is 2. The highest BCUT2D eigenvalue weighted by molar-refractivity contribution is 7.70. The lowest BCUT2D eigenvalue weighted by molar-refractivity contribution is -0.384. The highest BCUT2D eigenvalue weighted by Gasteiger charge is 2.72. The van der Waals surface area contributed by atoms with E-state index in [0.717, 1.165) is 25.7 Å². The molecule has 1 aliphatic heterocycles. The number of nitro groups is 1. The Kier molecular flexibility index (Phi) is 6.68. The number of carbonyl (C=O) groups is 1. The zero-order valence-corrected chi connectivity index (χ0v) is 21.0. The van der Waals surface area contributed by atoms with Gasteiger partial charge in [0.2, 0.25) is 5.28 Å². The summed E-state index contributed by atoms with van der Waals surface area (Å²) in [4.78, 5) is 23.0. The first kappa shape index (κ1) is 25.2. The van der Waals surface area contributed by atoms with Gasteiger partial charge in [0.1, 0.15) is 23.4 Å². The molecular formula is C25H31N2O7P. The topological polar surface area (TPSA) is 131 Å². The quantitative estimate of drug-likeness (QED) is 0.216. The number of hydrogen-bond donors (Lipinski definition) is 1. The molecule has 2 aliphatic rings. The van der Waals surface area contributed by atoms with Gasteiger partial charge in [-0.2, -0.15) is 0 Å². The van der Waals surface area contributed by atoms with Crippen LogP contribution in [-0.4, -0.2) is 28.4 Å². The summed E-state index contributed by atoms with van der Waals surface area (Å²) in [5.41, 5.74) is 6.36. The number of esters is 1. The molecule has 0 amide bonds. The van der Waals surface area contributed by atoms with Crippen molar-refractivity contribution in [2.75, 3.05) is 6.16 Å². The van der Waals surface area contributed by atoms with Gasteiger partial charge in [0.15, 0.2) is 0 Å². The van der Waals surface area contributed by atoms with Crippen molar-refractivity contribution in [3.8, 4) is 17.2 Å². The average Bonchev–Trinajstić information content (AvgIpc) is 3.36. The van der Waals surface area contributed by atoms with Gasteiger partial charge in [-0.15, -0.1) is 0 Å². The van der Waals surface area contributed by atoms with Crippen molar-refractivity contribution in [1.29, 1.82) is 0 Å². The minimum Gasteiger partial charge on any atom is -0.461 e. The van der Waals surface area contributed by atoms with E-state index in [4.69, 9.17) is 19.7 Å². The van der Waals surface area contributed by atoms with Crippen LogP contribution in [0, 0.1) is 21.4 Å². The number of nitro benzene ring substituents is 1. The lowest BCUT2D eigenvalue weighted by Crippen LogP contribution is -2.40. The second-order valence-electron chi connectivity index (χ2n) is 10.4. The van der Waals surface area contributed by atoms with E-state index in [-0.39, 0.29) is 23.4 Å². The summed E-state index contributed by atoms with van der Waals surface area (Å²) >= 11 is 0. The van der Waals surface area contributed by atoms with Gasteiger partial charge >= 0.3 is 5.97 Å². The van der Waals surface area contributed by atoms with Crippen molar-refractivity contribution in [2.45, 2.75) is 57.8 Å². The largest absolute Gasteiger partial charge is 0.461 e. The highest BCUT2D eigenvalue weighted by Crippen LogP contribution is 2.73. The van der Waals surface area contributed by atoms with Crippen LogP contribution in [0.25, 0.3) is 0 Å². The smallest absolute Gasteiger partial charge is 0.338 e. The van der Waals surface area contributed by atoms with Crippen molar-refractivity contribution >= 4 is 19.0 Å². The molecule has 0 bridgehead atoms. The molecule has 0 radical (unpaired) electrons. The van der Waals surface area contributed by atoms with Crippen LogP contribution in [0.4, 0.5) is 5.69 Å². The van der Waals surface area contributed by atoms with Gasteiger partial charge in [-0.25, -0.2) is 4.79 Å². The number of non-ortho nitro benzene ring substituents is 1. The molecular weight excluding hydrogens is 471 g/mol. The summed E-state index contributed by atoms with van der Waals surface area (Å²) in [5, 5.41) is 9.14. The molecule has 2 fully saturated rings. The molecule has 0 aromatic heterocycles. The molecule has 1 heterocycles. The minimum atomic E-state index is -3.42. The Bertz CT molecular complexity index is 1140. The highest BCUT2D eigenvalue weighted by atomic mass is 31.2. The van der Waals surface area contributed by atoms with E-state index >= 15 is 0 Å². The van der Waals surface area contributed by atoms with Crippen LogP contribution >= 0.6 is 7.37 Å². The number of nitrogens with zero attached hydrogens (tertiary/aromatic N) is 1. The fourth-order valence-electron chi connectivity index (χ4n) is 4.41. The first-order chi connectivity index (χ1) is 16.4. The summed E-state index contributed by atoms with van der Waals surface area (Å²) in [6.07, 6.45) is 3.28. The third-order valence-corrected chi connectivity index (χ3v) is 9.44. The molecule has 1 unspecified atom stereocenters. The second kappa shape index (κ2) is 9.28. The van der Waals surface area contributed by atoms with Crippen LogP contribution in [0.2, 0.25) is 0 Å². The van der Waals surface area contributed by atoms with E-state index in [1.54, 1.807) is 24.3 Å². The van der Waals surface area contributed by atoms with Crippen LogP contribution in [0.5, 0.6) is 17.2 Å². The maximum atomic E-state index is 13.1. The Balaban J connectivity index is 1.30. The minimum absolute atomic E-state index is 0.0309. The van der Waals surface area contributed by atoms with Crippen LogP contribution in [0.15, 0.2) is 48.5 Å². The number of ether oxygens (including phenoxy) is 2. The molecule has 2 aromatic rings. The normalized spacial score (nSPS) is 28.1. The Labute approximate surface area is 204 Å². The van der Waals surface area contributed by atoms with Gasteiger partial charge in [0.25, 0.3) is 13.1 Å². The zero-order valence-electron chi connectivity index (χ0n) is 20.1. The molecule has 1 saturated carbocycles. The van der Waals surface area contributed by atoms with Crippen LogP contribution < -0.4 is 15.0 Å². The molecule has 2 N–H and O–H groups in total. The molecule has 0 spiro atoms. The third-order valence-electron chi connectivity index (χ3n) is 6.84. The molecule has 188 valence electrons. The van der Waals surface area contributed by atoms with Crippen LogP contribution in [0.1, 0.15) is 46.5 Å². The van der Waals surface area contributed by atoms with Gasteiger partial charge in [-0.1, -0.05) is 20.8 Å². The second-order valence-corrected chi connectivity index (χ2v) is 13.1. The fourth-order valence-corrected chi connectivity index (χ4v) is 6.47. The van der Waals surface area contributed by atoms with E-state index in [0.29, 0.717) is 23.2 Å². The van der Waals surface area contributed by atoms with Crippen molar-refractivity contribution < 1.29 is 28.3 Å². The summed E-state index contributed by atoms with van der Waals surface area (Å²) in [6.45, 7) is 6.68. The summed E-state index contributed by atoms with van der Waals surface area (Å²) in [7, 11) is -3.42. The molecule has 1 aliphatic carbocycles. The first-order valence-electron chi connectivity index (χ1n) is 11.7. The SMILES string of the molecule is CC(C)(C)C1CCC(OC(=O)[C@@]2(N)CP2(=O)Oc2ccc(Oc3ccc([N+](=O)[O-])cc3)cc2)CC1. The van der Waals surface area contributed by atoms with Crippen LogP contribution in [0.3, 0.4) is 0 Å². The fraction of sp³-hybridized carbons (Fsp3) is 0.480. The Morgan fingerprint density at radius 3 is 2.03 bits per heavy atom. The van der Waals surface area contributed by atoms with E-state index in [1.165, 1.54) is 24.3 Å². The van der Waals surface area contributed by atoms with Crippen molar-refractivity contribution in [2.24, 2.45) is 17.1 Å². The van der Waals surface area contributed by atoms with E-state index in [1.807, 2.05) is 0 Å². The zero-order chi connectivity index (χ0) is 25.4.